The van der Waals surface area contributed by atoms with Crippen molar-refractivity contribution in [1.29, 1.82) is 0 Å². The minimum Gasteiger partial charge on any atom is -0.388 e. The molecule has 3 rings (SSSR count). The number of imidazole rings is 1. The van der Waals surface area contributed by atoms with Crippen molar-refractivity contribution < 1.29 is 14.9 Å². The third-order valence-corrected chi connectivity index (χ3v) is 3.50. The van der Waals surface area contributed by atoms with Crippen LogP contribution in [0.25, 0.3) is 11.2 Å². The summed E-state index contributed by atoms with van der Waals surface area (Å²) in [5, 5.41) is 19.7. The van der Waals surface area contributed by atoms with Crippen LogP contribution in [0.3, 0.4) is 0 Å². The summed E-state index contributed by atoms with van der Waals surface area (Å²) >= 11 is 5.07. The van der Waals surface area contributed by atoms with Crippen LogP contribution in [0.15, 0.2) is 6.33 Å². The van der Waals surface area contributed by atoms with Crippen molar-refractivity contribution in [3.63, 3.8) is 0 Å². The molecule has 0 saturated carbocycles. The van der Waals surface area contributed by atoms with Crippen LogP contribution in [-0.2, 0) is 4.74 Å². The molecule has 0 spiro atoms. The maximum absolute atomic E-state index is 9.99. The van der Waals surface area contributed by atoms with Crippen LogP contribution in [0.2, 0.25) is 0 Å². The highest BCUT2D eigenvalue weighted by Crippen LogP contribution is 2.31. The fraction of sp³-hybridized carbons (Fsp3) is 0.500. The van der Waals surface area contributed by atoms with E-state index in [1.165, 1.54) is 6.33 Å². The first-order valence-electron chi connectivity index (χ1n) is 5.73. The molecule has 3 heterocycles. The molecule has 102 valence electrons. The van der Waals surface area contributed by atoms with Gasteiger partial charge in [0, 0.05) is 0 Å². The smallest absolute Gasteiger partial charge is 0.200 e. The van der Waals surface area contributed by atoms with Crippen LogP contribution in [-0.4, -0.2) is 48.0 Å². The summed E-state index contributed by atoms with van der Waals surface area (Å²) in [7, 11) is 0. The Hall–Kier alpha value is -1.55. The Balaban J connectivity index is 2.14. The average molecular weight is 283 g/mol. The number of aliphatic hydroxyl groups is 2. The fourth-order valence-electron chi connectivity index (χ4n) is 2.20. The van der Waals surface area contributed by atoms with Gasteiger partial charge in [-0.1, -0.05) is 12.2 Å². The van der Waals surface area contributed by atoms with Gasteiger partial charge >= 0.3 is 0 Å². The molecule has 0 aromatic carbocycles. The molecular formula is C10H13N5O3S. The van der Waals surface area contributed by atoms with E-state index in [9.17, 15) is 10.2 Å². The molecule has 5 N–H and O–H groups in total. The molecule has 0 amide bonds. The van der Waals surface area contributed by atoms with Crippen LogP contribution in [0.1, 0.15) is 13.2 Å². The summed E-state index contributed by atoms with van der Waals surface area (Å²) in [4.78, 5) is 10.9. The lowest BCUT2D eigenvalue weighted by molar-refractivity contribution is -0.0299. The topological polar surface area (TPSA) is 122 Å². The molecule has 2 aromatic heterocycles. The largest absolute Gasteiger partial charge is 0.388 e. The number of nitrogens with one attached hydrogen (secondary N) is 1. The number of ether oxygens (including phenoxy) is 1. The van der Waals surface area contributed by atoms with Gasteiger partial charge in [-0.05, 0) is 6.92 Å². The van der Waals surface area contributed by atoms with Gasteiger partial charge in [0.25, 0.3) is 0 Å². The molecule has 0 bridgehead atoms. The molecule has 0 aliphatic carbocycles. The lowest BCUT2D eigenvalue weighted by Crippen LogP contribution is -2.30. The molecule has 1 saturated heterocycles. The predicted octanol–water partition coefficient (Wildman–Crippen LogP) is -0.290. The van der Waals surface area contributed by atoms with Crippen LogP contribution in [0, 0.1) is 4.64 Å². The van der Waals surface area contributed by atoms with Gasteiger partial charge in [0.2, 0.25) is 0 Å². The second kappa shape index (κ2) is 4.23. The molecule has 19 heavy (non-hydrogen) atoms. The van der Waals surface area contributed by atoms with E-state index in [2.05, 4.69) is 15.0 Å². The monoisotopic (exact) mass is 283 g/mol. The van der Waals surface area contributed by atoms with Crippen molar-refractivity contribution >= 4 is 29.3 Å². The van der Waals surface area contributed by atoms with Crippen molar-refractivity contribution in [3.8, 4) is 0 Å². The van der Waals surface area contributed by atoms with Gasteiger partial charge in [-0.15, -0.1) is 0 Å². The molecular weight excluding hydrogens is 270 g/mol. The van der Waals surface area contributed by atoms with Gasteiger partial charge in [0.05, 0.1) is 12.4 Å². The molecule has 2 aromatic rings. The van der Waals surface area contributed by atoms with Gasteiger partial charge in [-0.25, -0.2) is 9.97 Å². The summed E-state index contributed by atoms with van der Waals surface area (Å²) in [5.74, 6) is 0.153. The summed E-state index contributed by atoms with van der Waals surface area (Å²) in [6.07, 6.45) is -1.76. The molecule has 0 radical (unpaired) electrons. The third kappa shape index (κ3) is 1.82. The molecule has 1 unspecified atom stereocenters. The number of aliphatic hydroxyl groups excluding tert-OH is 2. The number of nitrogens with two attached hydrogens (primary N) is 1. The van der Waals surface area contributed by atoms with Crippen LogP contribution >= 0.6 is 12.2 Å². The van der Waals surface area contributed by atoms with E-state index in [-0.39, 0.29) is 10.6 Å². The van der Waals surface area contributed by atoms with Crippen LogP contribution < -0.4 is 5.73 Å². The zero-order valence-corrected chi connectivity index (χ0v) is 10.8. The molecule has 8 nitrogen and oxygen atoms in total. The summed E-state index contributed by atoms with van der Waals surface area (Å²) in [5.41, 5.74) is 6.58. The second-order valence-corrected chi connectivity index (χ2v) is 4.88. The lowest BCUT2D eigenvalue weighted by Gasteiger charge is -2.16. The quantitative estimate of drug-likeness (QED) is 0.530. The number of hydrogen-bond acceptors (Lipinski definition) is 7. The summed E-state index contributed by atoms with van der Waals surface area (Å²) in [6, 6.07) is 0. The Kier molecular flexibility index (Phi) is 2.78. The normalized spacial score (nSPS) is 31.1. The number of hydrogen-bond donors (Lipinski definition) is 4. The zero-order chi connectivity index (χ0) is 13.7. The summed E-state index contributed by atoms with van der Waals surface area (Å²) < 4.78 is 7.35. The first-order chi connectivity index (χ1) is 8.99. The standard InChI is InChI=1S/C10H13N5O3S/c1-3-5(16)6(17)9(18-3)15-2-12-4-7(15)13-10(11)14-8(4)19/h2-3,5-6,9,16-17H,1H3,(H3,11,13,14,19)/t3-,5-,6-,9?/m1/s1. The van der Waals surface area contributed by atoms with Crippen molar-refractivity contribution in [2.24, 2.45) is 0 Å². The van der Waals surface area contributed by atoms with E-state index in [1.54, 1.807) is 11.5 Å². The Morgan fingerprint density at radius 3 is 2.84 bits per heavy atom. The van der Waals surface area contributed by atoms with Crippen molar-refractivity contribution in [2.45, 2.75) is 31.5 Å². The van der Waals surface area contributed by atoms with E-state index < -0.39 is 24.5 Å². The number of fused-ring (bicyclic) bond motifs is 1. The second-order valence-electron chi connectivity index (χ2n) is 4.49. The summed E-state index contributed by atoms with van der Waals surface area (Å²) in [6.45, 7) is 1.69. The molecule has 1 aliphatic rings. The third-order valence-electron chi connectivity index (χ3n) is 3.22. The molecule has 1 fully saturated rings. The number of anilines is 1. The number of aromatic nitrogens is 4. The SMILES string of the molecule is C[C@H]1OC(n2cnc3c(=S)nc(N)[nH]c32)[C@H](O)[C@@H]1O. The molecule has 1 aliphatic heterocycles. The molecule has 9 heteroatoms. The maximum atomic E-state index is 9.99. The number of nitrogen functional groups attached to an aromatic ring is 1. The van der Waals surface area contributed by atoms with Gasteiger partial charge in [-0.3, -0.25) is 4.57 Å². The Morgan fingerprint density at radius 1 is 1.47 bits per heavy atom. The maximum Gasteiger partial charge on any atom is 0.200 e. The Bertz CT molecular complexity index is 683. The predicted molar refractivity (Wildman–Crippen MR) is 68.7 cm³/mol. The van der Waals surface area contributed by atoms with E-state index >= 15 is 0 Å². The van der Waals surface area contributed by atoms with Gasteiger partial charge in [0.1, 0.15) is 23.4 Å². The van der Waals surface area contributed by atoms with Crippen molar-refractivity contribution in [1.82, 2.24) is 19.5 Å². The highest BCUT2D eigenvalue weighted by Gasteiger charge is 2.41. The fourth-order valence-corrected chi connectivity index (χ4v) is 2.45. The minimum atomic E-state index is -1.05. The Labute approximate surface area is 112 Å². The first-order valence-corrected chi connectivity index (χ1v) is 6.14. The van der Waals surface area contributed by atoms with Crippen LogP contribution in [0.5, 0.6) is 0 Å². The number of rotatable bonds is 1. The van der Waals surface area contributed by atoms with Gasteiger partial charge in [0.15, 0.2) is 16.8 Å². The number of nitrogens with zero attached hydrogens (tertiary/aromatic N) is 3. The number of H-pyrrole nitrogens is 1. The van der Waals surface area contributed by atoms with Crippen molar-refractivity contribution in [3.05, 3.63) is 11.0 Å². The molecule has 4 atom stereocenters. The van der Waals surface area contributed by atoms with E-state index in [4.69, 9.17) is 22.7 Å². The van der Waals surface area contributed by atoms with Gasteiger partial charge in [-0.2, -0.15) is 0 Å². The van der Waals surface area contributed by atoms with Gasteiger partial charge < -0.3 is 25.7 Å². The highest BCUT2D eigenvalue weighted by molar-refractivity contribution is 7.71. The van der Waals surface area contributed by atoms with E-state index in [1.807, 2.05) is 0 Å². The lowest BCUT2D eigenvalue weighted by atomic mass is 10.1. The number of aromatic amines is 1. The Morgan fingerprint density at radius 2 is 2.21 bits per heavy atom. The highest BCUT2D eigenvalue weighted by atomic mass is 32.1. The van der Waals surface area contributed by atoms with E-state index in [0.717, 1.165) is 0 Å². The van der Waals surface area contributed by atoms with Crippen LogP contribution in [0.4, 0.5) is 5.95 Å². The first kappa shape index (κ1) is 12.5. The average Bonchev–Trinajstić information content (AvgIpc) is 2.86. The minimum absolute atomic E-state index is 0.153. The zero-order valence-electron chi connectivity index (χ0n) is 10.0. The van der Waals surface area contributed by atoms with Crippen molar-refractivity contribution in [2.75, 3.05) is 5.73 Å². The van der Waals surface area contributed by atoms with E-state index in [0.29, 0.717) is 11.2 Å².